The van der Waals surface area contributed by atoms with Crippen LogP contribution in [0.2, 0.25) is 0 Å². The molecule has 1 aromatic heterocycles. The Kier molecular flexibility index (Phi) is 10.4. The van der Waals surface area contributed by atoms with Crippen molar-refractivity contribution in [3.05, 3.63) is 70.9 Å². The summed E-state index contributed by atoms with van der Waals surface area (Å²) in [5.41, 5.74) is 1.59. The van der Waals surface area contributed by atoms with E-state index in [-0.39, 0.29) is 24.6 Å². The summed E-state index contributed by atoms with van der Waals surface area (Å²) in [4.78, 5) is 18.3. The average Bonchev–Trinajstić information content (AvgIpc) is 3.20. The van der Waals surface area contributed by atoms with Gasteiger partial charge in [0.15, 0.2) is 23.3 Å². The standard InChI is InChI=1S/C30H38F4N4O/c1-2-3-12-35-27(16-21-18-37-26-9-5-4-8-22(21)26)30(39)36-13-10-20-7-6-14-38(15-11-20)19-23-28(33)24(31)17-25(32)29(23)34/h4-5,8-9,17-18,20,27,35,37H,2-3,6-7,10-16,19H2,1H3,(H,36,39)/t20?,27-/m0/s1. The van der Waals surface area contributed by atoms with E-state index >= 15 is 0 Å². The van der Waals surface area contributed by atoms with Gasteiger partial charge in [0.25, 0.3) is 0 Å². The Balaban J connectivity index is 1.28. The van der Waals surface area contributed by atoms with Gasteiger partial charge in [0, 0.05) is 41.8 Å². The minimum atomic E-state index is -1.38. The fourth-order valence-electron chi connectivity index (χ4n) is 5.41. The van der Waals surface area contributed by atoms with E-state index in [1.165, 1.54) is 0 Å². The van der Waals surface area contributed by atoms with Crippen molar-refractivity contribution < 1.29 is 22.4 Å². The van der Waals surface area contributed by atoms with Crippen LogP contribution in [-0.4, -0.2) is 48.0 Å². The number of hydrogen-bond donors (Lipinski definition) is 3. The minimum absolute atomic E-state index is 0.0225. The first kappa shape index (κ1) is 29.1. The molecule has 0 spiro atoms. The quantitative estimate of drug-likeness (QED) is 0.152. The molecule has 0 aliphatic carbocycles. The van der Waals surface area contributed by atoms with Gasteiger partial charge in [-0.15, -0.1) is 0 Å². The summed E-state index contributed by atoms with van der Waals surface area (Å²) in [6.07, 6.45) is 7.90. The van der Waals surface area contributed by atoms with Gasteiger partial charge in [0.1, 0.15) is 0 Å². The van der Waals surface area contributed by atoms with Crippen LogP contribution in [0.15, 0.2) is 36.5 Å². The number of hydrogen-bond acceptors (Lipinski definition) is 3. The molecule has 1 aliphatic heterocycles. The largest absolute Gasteiger partial charge is 0.361 e. The number of rotatable bonds is 12. The number of halogens is 4. The highest BCUT2D eigenvalue weighted by Crippen LogP contribution is 2.25. The molecule has 0 radical (unpaired) electrons. The van der Waals surface area contributed by atoms with Gasteiger partial charge in [-0.05, 0) is 75.7 Å². The molecule has 1 saturated heterocycles. The number of aromatic nitrogens is 1. The van der Waals surface area contributed by atoms with E-state index < -0.39 is 28.8 Å². The van der Waals surface area contributed by atoms with E-state index in [2.05, 4.69) is 28.6 Å². The number of unbranched alkanes of at least 4 members (excludes halogenated alkanes) is 1. The SMILES string of the molecule is CCCCN[C@@H](Cc1c[nH]c2ccccc12)C(=O)NCCC1CCCN(Cc2c(F)c(F)cc(F)c2F)CC1. The molecule has 2 atom stereocenters. The molecule has 212 valence electrons. The van der Waals surface area contributed by atoms with E-state index in [1.807, 2.05) is 29.3 Å². The summed E-state index contributed by atoms with van der Waals surface area (Å²) in [7, 11) is 0. The predicted molar refractivity (Wildman–Crippen MR) is 145 cm³/mol. The number of aromatic amines is 1. The van der Waals surface area contributed by atoms with Crippen molar-refractivity contribution in [1.82, 2.24) is 20.5 Å². The monoisotopic (exact) mass is 546 g/mol. The molecule has 0 bridgehead atoms. The number of benzene rings is 2. The molecule has 1 fully saturated rings. The highest BCUT2D eigenvalue weighted by atomic mass is 19.2. The number of para-hydroxylation sites is 1. The normalized spacial score (nSPS) is 17.3. The van der Waals surface area contributed by atoms with Gasteiger partial charge in [0.05, 0.1) is 6.04 Å². The summed E-state index contributed by atoms with van der Waals surface area (Å²) in [5.74, 6) is -5.08. The van der Waals surface area contributed by atoms with E-state index in [1.54, 1.807) is 0 Å². The Labute approximate surface area is 227 Å². The van der Waals surface area contributed by atoms with Crippen LogP contribution in [0.1, 0.15) is 56.6 Å². The third-order valence-corrected chi connectivity index (χ3v) is 7.71. The van der Waals surface area contributed by atoms with Crippen LogP contribution in [0.3, 0.4) is 0 Å². The predicted octanol–water partition coefficient (Wildman–Crippen LogP) is 5.83. The number of nitrogens with one attached hydrogen (secondary N) is 3. The number of carbonyl (C=O) groups excluding carboxylic acids is 1. The van der Waals surface area contributed by atoms with Crippen LogP contribution < -0.4 is 10.6 Å². The molecule has 1 unspecified atom stereocenters. The van der Waals surface area contributed by atoms with Gasteiger partial charge in [-0.3, -0.25) is 9.69 Å². The van der Waals surface area contributed by atoms with Crippen LogP contribution in [-0.2, 0) is 17.8 Å². The number of carbonyl (C=O) groups is 1. The van der Waals surface area contributed by atoms with E-state index in [0.29, 0.717) is 32.0 Å². The second-order valence-electron chi connectivity index (χ2n) is 10.5. The lowest BCUT2D eigenvalue weighted by molar-refractivity contribution is -0.123. The Morgan fingerprint density at radius 3 is 2.62 bits per heavy atom. The molecular weight excluding hydrogens is 508 g/mol. The zero-order valence-electron chi connectivity index (χ0n) is 22.5. The maximum Gasteiger partial charge on any atom is 0.237 e. The first-order chi connectivity index (χ1) is 18.9. The van der Waals surface area contributed by atoms with Crippen molar-refractivity contribution in [1.29, 1.82) is 0 Å². The molecule has 9 heteroatoms. The number of fused-ring (bicyclic) bond motifs is 1. The minimum Gasteiger partial charge on any atom is -0.361 e. The molecule has 39 heavy (non-hydrogen) atoms. The second kappa shape index (κ2) is 13.9. The van der Waals surface area contributed by atoms with Crippen LogP contribution in [0, 0.1) is 29.2 Å². The lowest BCUT2D eigenvalue weighted by atomic mass is 9.97. The maximum absolute atomic E-state index is 14.1. The topological polar surface area (TPSA) is 60.2 Å². The molecule has 2 aromatic carbocycles. The van der Waals surface area contributed by atoms with Crippen LogP contribution >= 0.6 is 0 Å². The van der Waals surface area contributed by atoms with E-state index in [4.69, 9.17) is 0 Å². The fraction of sp³-hybridized carbons (Fsp3) is 0.500. The highest BCUT2D eigenvalue weighted by Gasteiger charge is 2.24. The maximum atomic E-state index is 14.1. The highest BCUT2D eigenvalue weighted by molar-refractivity contribution is 5.86. The van der Waals surface area contributed by atoms with Gasteiger partial charge in [-0.1, -0.05) is 31.5 Å². The molecule has 3 aromatic rings. The van der Waals surface area contributed by atoms with Gasteiger partial charge in [-0.25, -0.2) is 17.6 Å². The van der Waals surface area contributed by atoms with E-state index in [0.717, 1.165) is 61.5 Å². The molecule has 5 nitrogen and oxygen atoms in total. The molecule has 1 amide bonds. The molecule has 3 N–H and O–H groups in total. The van der Waals surface area contributed by atoms with Crippen LogP contribution in [0.4, 0.5) is 17.6 Å². The summed E-state index contributed by atoms with van der Waals surface area (Å²) in [6, 6.07) is 7.97. The van der Waals surface area contributed by atoms with Crippen molar-refractivity contribution >= 4 is 16.8 Å². The molecule has 0 saturated carbocycles. The van der Waals surface area contributed by atoms with Crippen molar-refractivity contribution in [3.8, 4) is 0 Å². The molecule has 2 heterocycles. The zero-order chi connectivity index (χ0) is 27.8. The Morgan fingerprint density at radius 2 is 1.85 bits per heavy atom. The van der Waals surface area contributed by atoms with E-state index in [9.17, 15) is 22.4 Å². The van der Waals surface area contributed by atoms with Crippen molar-refractivity contribution in [2.24, 2.45) is 5.92 Å². The van der Waals surface area contributed by atoms with Crippen molar-refractivity contribution in [3.63, 3.8) is 0 Å². The Bertz CT molecular complexity index is 1220. The third-order valence-electron chi connectivity index (χ3n) is 7.71. The Morgan fingerprint density at radius 1 is 1.08 bits per heavy atom. The smallest absolute Gasteiger partial charge is 0.237 e. The summed E-state index contributed by atoms with van der Waals surface area (Å²) in [6.45, 7) is 4.42. The fourth-order valence-corrected chi connectivity index (χ4v) is 5.41. The summed E-state index contributed by atoms with van der Waals surface area (Å²) >= 11 is 0. The Hall–Kier alpha value is -2.91. The van der Waals surface area contributed by atoms with Gasteiger partial charge < -0.3 is 15.6 Å². The van der Waals surface area contributed by atoms with Gasteiger partial charge in [-0.2, -0.15) is 0 Å². The lowest BCUT2D eigenvalue weighted by Crippen LogP contribution is -2.46. The molecular formula is C30H38F4N4O. The first-order valence-electron chi connectivity index (χ1n) is 14.0. The summed E-state index contributed by atoms with van der Waals surface area (Å²) < 4.78 is 55.4. The molecule has 4 rings (SSSR count). The molecule has 1 aliphatic rings. The number of amides is 1. The lowest BCUT2D eigenvalue weighted by Gasteiger charge is -2.21. The van der Waals surface area contributed by atoms with Crippen molar-refractivity contribution in [2.75, 3.05) is 26.2 Å². The third kappa shape index (κ3) is 7.60. The number of H-pyrrole nitrogens is 1. The first-order valence-corrected chi connectivity index (χ1v) is 14.0. The van der Waals surface area contributed by atoms with Crippen LogP contribution in [0.5, 0.6) is 0 Å². The van der Waals surface area contributed by atoms with Crippen molar-refractivity contribution in [2.45, 2.75) is 64.5 Å². The van der Waals surface area contributed by atoms with Gasteiger partial charge in [0.2, 0.25) is 5.91 Å². The number of nitrogens with zero attached hydrogens (tertiary/aromatic N) is 1. The van der Waals surface area contributed by atoms with Gasteiger partial charge >= 0.3 is 0 Å². The summed E-state index contributed by atoms with van der Waals surface area (Å²) in [5, 5.41) is 7.65. The number of likely N-dealkylation sites (tertiary alicyclic amines) is 1. The zero-order valence-corrected chi connectivity index (χ0v) is 22.5. The van der Waals surface area contributed by atoms with Crippen LogP contribution in [0.25, 0.3) is 10.9 Å². The average molecular weight is 547 g/mol. The second-order valence-corrected chi connectivity index (χ2v) is 10.5.